The highest BCUT2D eigenvalue weighted by Crippen LogP contribution is 2.20. The van der Waals surface area contributed by atoms with Gasteiger partial charge in [-0.3, -0.25) is 48.1 Å². The highest BCUT2D eigenvalue weighted by molar-refractivity contribution is 5.98. The monoisotopic (exact) mass is 816 g/mol. The van der Waals surface area contributed by atoms with Crippen LogP contribution in [0.1, 0.15) is 64.4 Å². The molecular weight excluding hydrogens is 760 g/mol. The third-order valence-corrected chi connectivity index (χ3v) is 8.86. The van der Waals surface area contributed by atoms with Crippen LogP contribution in [0.15, 0.2) is 35.3 Å². The van der Waals surface area contributed by atoms with E-state index < -0.39 is 109 Å². The van der Waals surface area contributed by atoms with Crippen molar-refractivity contribution in [3.8, 4) is 0 Å². The largest absolute Gasteiger partial charge is 0.480 e. The number of primary amides is 2. The number of hydrogen-bond donors (Lipinski definition) is 11. The van der Waals surface area contributed by atoms with Gasteiger partial charge in [0.25, 0.3) is 0 Å². The lowest BCUT2D eigenvalue weighted by Gasteiger charge is -2.31. The maximum Gasteiger partial charge on any atom is 0.322 e. The Balaban J connectivity index is 2.34. The van der Waals surface area contributed by atoms with Gasteiger partial charge in [0.15, 0.2) is 5.96 Å². The lowest BCUT2D eigenvalue weighted by Crippen LogP contribution is -2.60. The number of carbonyl (C=O) groups excluding carboxylic acids is 8. The minimum absolute atomic E-state index is 0.0214. The molecule has 6 atom stereocenters. The van der Waals surface area contributed by atoms with Crippen LogP contribution in [0, 0.1) is 5.92 Å². The summed E-state index contributed by atoms with van der Waals surface area (Å²) in [6, 6.07) is 0.714. The van der Waals surface area contributed by atoms with Crippen molar-refractivity contribution in [2.24, 2.45) is 39.6 Å². The Labute approximate surface area is 335 Å². The molecule has 1 heterocycles. The van der Waals surface area contributed by atoms with Crippen LogP contribution in [0.4, 0.5) is 0 Å². The second-order valence-electron chi connectivity index (χ2n) is 14.3. The lowest BCUT2D eigenvalue weighted by atomic mass is 10.0. The minimum atomic E-state index is -1.56. The Morgan fingerprint density at radius 1 is 0.793 bits per heavy atom. The molecule has 1 aromatic carbocycles. The number of rotatable bonds is 24. The summed E-state index contributed by atoms with van der Waals surface area (Å²) >= 11 is 0. The van der Waals surface area contributed by atoms with Crippen LogP contribution in [-0.4, -0.2) is 125 Å². The highest BCUT2D eigenvalue weighted by atomic mass is 16.4. The molecule has 0 radical (unpaired) electrons. The SMILES string of the molecule is CC(C)C[C@H](NC(=O)[C@@H](N)CC(N)=O)C(=O)N[C@@H](CC(N)=O)C(=O)N1CCC[C@H]1C(=O)N[C@@H](CCCN=C(N)N)C(=O)N[C@@H](Cc1ccccc1)C(=O)NCC(=O)O. The van der Waals surface area contributed by atoms with Crippen LogP contribution in [0.5, 0.6) is 0 Å². The van der Waals surface area contributed by atoms with Gasteiger partial charge in [-0.05, 0) is 43.6 Å². The normalized spacial score (nSPS) is 16.1. The number of aliphatic carboxylic acids is 1. The van der Waals surface area contributed by atoms with E-state index in [4.69, 9.17) is 33.8 Å². The summed E-state index contributed by atoms with van der Waals surface area (Å²) in [7, 11) is 0. The number of carbonyl (C=O) groups is 9. The molecule has 8 amide bonds. The zero-order chi connectivity index (χ0) is 43.5. The van der Waals surface area contributed by atoms with Gasteiger partial charge in [0.2, 0.25) is 47.3 Å². The van der Waals surface area contributed by atoms with Gasteiger partial charge < -0.3 is 65.3 Å². The predicted octanol–water partition coefficient (Wildman–Crippen LogP) is -4.46. The van der Waals surface area contributed by atoms with Gasteiger partial charge >= 0.3 is 5.97 Å². The Bertz CT molecular complexity index is 1670. The van der Waals surface area contributed by atoms with Crippen molar-refractivity contribution in [3.05, 3.63) is 35.9 Å². The summed E-state index contributed by atoms with van der Waals surface area (Å²) in [5, 5.41) is 21.5. The third-order valence-electron chi connectivity index (χ3n) is 8.86. The quantitative estimate of drug-likeness (QED) is 0.0267. The number of nitrogens with one attached hydrogen (secondary N) is 5. The molecule has 2 rings (SSSR count). The van der Waals surface area contributed by atoms with Gasteiger partial charge in [-0.2, -0.15) is 0 Å². The lowest BCUT2D eigenvalue weighted by molar-refractivity contribution is -0.143. The molecule has 0 unspecified atom stereocenters. The number of aliphatic imine (C=N–C) groups is 1. The van der Waals surface area contributed by atoms with Crippen molar-refractivity contribution >= 4 is 59.2 Å². The molecule has 1 fully saturated rings. The van der Waals surface area contributed by atoms with Crippen LogP contribution in [0.2, 0.25) is 0 Å². The van der Waals surface area contributed by atoms with E-state index >= 15 is 0 Å². The molecule has 320 valence electrons. The molecule has 16 N–H and O–H groups in total. The number of hydrogen-bond acceptors (Lipinski definition) is 11. The fourth-order valence-electron chi connectivity index (χ4n) is 6.13. The van der Waals surface area contributed by atoms with Gasteiger partial charge in [-0.1, -0.05) is 44.2 Å². The second-order valence-corrected chi connectivity index (χ2v) is 14.3. The number of benzene rings is 1. The van der Waals surface area contributed by atoms with Crippen molar-refractivity contribution in [3.63, 3.8) is 0 Å². The molecule has 1 aromatic rings. The van der Waals surface area contributed by atoms with E-state index in [1.165, 1.54) is 0 Å². The molecule has 1 saturated heterocycles. The molecule has 0 aromatic heterocycles. The van der Waals surface area contributed by atoms with Crippen molar-refractivity contribution in [2.75, 3.05) is 19.6 Å². The average Bonchev–Trinajstić information content (AvgIpc) is 3.64. The van der Waals surface area contributed by atoms with Crippen molar-refractivity contribution in [2.45, 2.75) is 101 Å². The zero-order valence-electron chi connectivity index (χ0n) is 32.6. The maximum absolute atomic E-state index is 14.0. The first kappa shape index (κ1) is 47.8. The van der Waals surface area contributed by atoms with Crippen molar-refractivity contribution in [1.82, 2.24) is 31.5 Å². The van der Waals surface area contributed by atoms with E-state index in [-0.39, 0.29) is 57.1 Å². The summed E-state index contributed by atoms with van der Waals surface area (Å²) in [5.41, 5.74) is 27.8. The topological polar surface area (TPSA) is 380 Å². The van der Waals surface area contributed by atoms with E-state index in [9.17, 15) is 43.2 Å². The van der Waals surface area contributed by atoms with Gasteiger partial charge in [-0.15, -0.1) is 0 Å². The molecule has 22 nitrogen and oxygen atoms in total. The van der Waals surface area contributed by atoms with E-state index in [0.29, 0.717) is 12.0 Å². The molecule has 1 aliphatic heterocycles. The number of nitrogens with two attached hydrogens (primary N) is 5. The highest BCUT2D eigenvalue weighted by Gasteiger charge is 2.40. The van der Waals surface area contributed by atoms with Crippen LogP contribution in [0.3, 0.4) is 0 Å². The molecule has 22 heteroatoms. The van der Waals surface area contributed by atoms with E-state index in [0.717, 1.165) is 4.90 Å². The Kier molecular flexibility index (Phi) is 19.5. The molecular formula is C36H56N12O10. The van der Waals surface area contributed by atoms with Gasteiger partial charge in [0.05, 0.1) is 18.9 Å². The molecule has 58 heavy (non-hydrogen) atoms. The minimum Gasteiger partial charge on any atom is -0.480 e. The second kappa shape index (κ2) is 23.7. The van der Waals surface area contributed by atoms with Gasteiger partial charge in [0.1, 0.15) is 36.8 Å². The van der Waals surface area contributed by atoms with Crippen molar-refractivity contribution < 1.29 is 48.3 Å². The number of carboxylic acid groups (broad SMARTS) is 1. The first-order chi connectivity index (χ1) is 27.3. The van der Waals surface area contributed by atoms with Crippen LogP contribution in [-0.2, 0) is 49.6 Å². The number of likely N-dealkylation sites (tertiary alicyclic amines) is 1. The Hall–Kier alpha value is -6.32. The predicted molar refractivity (Wildman–Crippen MR) is 208 cm³/mol. The van der Waals surface area contributed by atoms with Gasteiger partial charge in [0, 0.05) is 19.5 Å². The third kappa shape index (κ3) is 16.8. The average molecular weight is 817 g/mol. The number of guanidine groups is 1. The first-order valence-electron chi connectivity index (χ1n) is 18.7. The number of carboxylic acids is 1. The molecule has 1 aliphatic rings. The van der Waals surface area contributed by atoms with E-state index in [2.05, 4.69) is 31.6 Å². The smallest absolute Gasteiger partial charge is 0.322 e. The Morgan fingerprint density at radius 2 is 1.40 bits per heavy atom. The number of amides is 8. The summed E-state index contributed by atoms with van der Waals surface area (Å²) in [6.07, 6.45) is -0.480. The maximum atomic E-state index is 14.0. The van der Waals surface area contributed by atoms with Crippen LogP contribution >= 0.6 is 0 Å². The van der Waals surface area contributed by atoms with Crippen molar-refractivity contribution in [1.29, 1.82) is 0 Å². The van der Waals surface area contributed by atoms with Crippen LogP contribution in [0.25, 0.3) is 0 Å². The fraction of sp³-hybridized carbons (Fsp3) is 0.556. The summed E-state index contributed by atoms with van der Waals surface area (Å²) in [6.45, 7) is 2.93. The standard InChI is InChI=1S/C36H56N12O10/c1-19(2)14-23(45-30(53)21(37)16-27(38)49)33(56)47-25(17-28(39)50)35(58)48-13-7-11-26(48)34(57)44-22(10-6-12-42-36(40)41)32(55)46-24(31(54)43-18-29(51)52)15-20-8-4-3-5-9-20/h3-5,8-9,19,21-26H,6-7,10-18,37H2,1-2H3,(H2,38,49)(H2,39,50)(H,43,54)(H,44,57)(H,45,53)(H,46,55)(H,47,56)(H,51,52)(H4,40,41,42)/t21-,22-,23-,24-,25-,26-/m0/s1. The molecule has 0 aliphatic carbocycles. The zero-order valence-corrected chi connectivity index (χ0v) is 32.6. The first-order valence-corrected chi connectivity index (χ1v) is 18.7. The summed E-state index contributed by atoms with van der Waals surface area (Å²) in [5.74, 6) is -8.35. The van der Waals surface area contributed by atoms with E-state index in [1.54, 1.807) is 44.2 Å². The molecule has 0 spiro atoms. The molecule has 0 bridgehead atoms. The van der Waals surface area contributed by atoms with Crippen LogP contribution < -0.4 is 55.3 Å². The Morgan fingerprint density at radius 3 is 1.98 bits per heavy atom. The summed E-state index contributed by atoms with van der Waals surface area (Å²) < 4.78 is 0. The van der Waals surface area contributed by atoms with Gasteiger partial charge in [-0.25, -0.2) is 0 Å². The fourth-order valence-corrected chi connectivity index (χ4v) is 6.13. The molecule has 0 saturated carbocycles. The number of nitrogens with zero attached hydrogens (tertiary/aromatic N) is 2. The summed E-state index contributed by atoms with van der Waals surface area (Å²) in [4.78, 5) is 121. The van der Waals surface area contributed by atoms with E-state index in [1.807, 2.05) is 0 Å².